The molecule has 0 unspecified atom stereocenters. The lowest BCUT2D eigenvalue weighted by Gasteiger charge is -2.43. The molecule has 1 aromatic carbocycles. The maximum absolute atomic E-state index is 8.89. The van der Waals surface area contributed by atoms with Gasteiger partial charge in [-0.25, -0.2) is 0 Å². The molecule has 3 nitrogen and oxygen atoms in total. The van der Waals surface area contributed by atoms with Crippen molar-refractivity contribution in [3.63, 3.8) is 0 Å². The fourth-order valence-electron chi connectivity index (χ4n) is 2.43. The molecule has 2 rings (SSSR count). The van der Waals surface area contributed by atoms with Crippen LogP contribution in [0.3, 0.4) is 0 Å². The Balaban J connectivity index is 2.06. The first-order chi connectivity index (χ1) is 8.91. The third-order valence-corrected chi connectivity index (χ3v) is 3.98. The van der Waals surface area contributed by atoms with E-state index >= 15 is 0 Å². The maximum atomic E-state index is 8.89. The Bertz CT molecular complexity index is 491. The highest BCUT2D eigenvalue weighted by Gasteiger charge is 2.25. The Hall–Kier alpha value is -1.24. The zero-order chi connectivity index (χ0) is 14.0. The van der Waals surface area contributed by atoms with Crippen molar-refractivity contribution in [3.8, 4) is 6.07 Å². The molecule has 1 heterocycles. The van der Waals surface area contributed by atoms with Crippen molar-refractivity contribution in [3.05, 3.63) is 28.8 Å². The molecule has 1 aliphatic rings. The number of nitrogens with zero attached hydrogens (tertiary/aromatic N) is 3. The Morgan fingerprint density at radius 1 is 1.16 bits per heavy atom. The van der Waals surface area contributed by atoms with Gasteiger partial charge in [-0.15, -0.1) is 0 Å². The highest BCUT2D eigenvalue weighted by Crippen LogP contribution is 2.25. The summed E-state index contributed by atoms with van der Waals surface area (Å²) in [4.78, 5) is 4.82. The van der Waals surface area contributed by atoms with Crippen LogP contribution in [0.1, 0.15) is 26.3 Å². The van der Waals surface area contributed by atoms with Crippen LogP contribution >= 0.6 is 11.6 Å². The van der Waals surface area contributed by atoms with Gasteiger partial charge in [0.15, 0.2) is 0 Å². The summed E-state index contributed by atoms with van der Waals surface area (Å²) < 4.78 is 0. The maximum Gasteiger partial charge on any atom is 0.101 e. The molecule has 102 valence electrons. The van der Waals surface area contributed by atoms with Crippen molar-refractivity contribution in [2.24, 2.45) is 0 Å². The fourth-order valence-corrected chi connectivity index (χ4v) is 2.64. The van der Waals surface area contributed by atoms with E-state index in [1.165, 1.54) is 0 Å². The summed E-state index contributed by atoms with van der Waals surface area (Å²) in [7, 11) is 0. The average molecular weight is 278 g/mol. The van der Waals surface area contributed by atoms with E-state index in [0.29, 0.717) is 10.6 Å². The summed E-state index contributed by atoms with van der Waals surface area (Å²) in [6.07, 6.45) is 0. The molecular formula is C15H20ClN3. The first-order valence-corrected chi connectivity index (χ1v) is 6.99. The van der Waals surface area contributed by atoms with E-state index in [1.54, 1.807) is 6.07 Å². The monoisotopic (exact) mass is 277 g/mol. The third kappa shape index (κ3) is 3.20. The normalized spacial score (nSPS) is 17.3. The minimum absolute atomic E-state index is 0.231. The number of anilines is 1. The van der Waals surface area contributed by atoms with Gasteiger partial charge in [0.25, 0.3) is 0 Å². The van der Waals surface area contributed by atoms with Gasteiger partial charge in [-0.05, 0) is 39.0 Å². The van der Waals surface area contributed by atoms with Crippen LogP contribution in [0, 0.1) is 11.3 Å². The Kier molecular flexibility index (Phi) is 4.03. The summed E-state index contributed by atoms with van der Waals surface area (Å²) in [5.74, 6) is 0. The molecule has 0 bridgehead atoms. The summed E-state index contributed by atoms with van der Waals surface area (Å²) in [6, 6.07) is 7.77. The molecule has 0 amide bonds. The van der Waals surface area contributed by atoms with E-state index in [9.17, 15) is 0 Å². The van der Waals surface area contributed by atoms with E-state index in [-0.39, 0.29) is 5.54 Å². The van der Waals surface area contributed by atoms with Gasteiger partial charge in [0, 0.05) is 37.4 Å². The molecular weight excluding hydrogens is 258 g/mol. The molecule has 19 heavy (non-hydrogen) atoms. The van der Waals surface area contributed by atoms with Crippen LogP contribution in [0.4, 0.5) is 5.69 Å². The molecule has 0 radical (unpaired) electrons. The summed E-state index contributed by atoms with van der Waals surface area (Å²) in [5, 5.41) is 9.43. The average Bonchev–Trinajstić information content (AvgIpc) is 2.38. The smallest absolute Gasteiger partial charge is 0.101 e. The van der Waals surface area contributed by atoms with E-state index < -0.39 is 0 Å². The summed E-state index contributed by atoms with van der Waals surface area (Å²) in [5.41, 5.74) is 1.88. The molecule has 1 aromatic rings. The van der Waals surface area contributed by atoms with Crippen LogP contribution in [-0.4, -0.2) is 36.6 Å². The zero-order valence-corrected chi connectivity index (χ0v) is 12.5. The number of hydrogen-bond donors (Lipinski definition) is 0. The lowest BCUT2D eigenvalue weighted by atomic mass is 10.0. The predicted octanol–water partition coefficient (Wildman–Crippen LogP) is 3.13. The van der Waals surface area contributed by atoms with E-state index in [2.05, 4.69) is 36.6 Å². The van der Waals surface area contributed by atoms with Gasteiger partial charge in [-0.2, -0.15) is 5.26 Å². The molecule has 1 saturated heterocycles. The number of rotatable bonds is 1. The van der Waals surface area contributed by atoms with Gasteiger partial charge in [0.1, 0.15) is 6.07 Å². The second-order valence-corrected chi connectivity index (χ2v) is 6.33. The zero-order valence-electron chi connectivity index (χ0n) is 11.8. The highest BCUT2D eigenvalue weighted by atomic mass is 35.5. The predicted molar refractivity (Wildman–Crippen MR) is 79.7 cm³/mol. The van der Waals surface area contributed by atoms with Crippen LogP contribution in [-0.2, 0) is 0 Å². The van der Waals surface area contributed by atoms with Gasteiger partial charge in [-0.3, -0.25) is 4.90 Å². The van der Waals surface area contributed by atoms with E-state index in [1.807, 2.05) is 12.1 Å². The van der Waals surface area contributed by atoms with Crippen molar-refractivity contribution in [2.45, 2.75) is 26.3 Å². The largest absolute Gasteiger partial charge is 0.369 e. The molecule has 0 aromatic heterocycles. The second-order valence-electron chi connectivity index (χ2n) is 5.92. The molecule has 0 saturated carbocycles. The van der Waals surface area contributed by atoms with Crippen LogP contribution < -0.4 is 4.90 Å². The van der Waals surface area contributed by atoms with Crippen molar-refractivity contribution in [1.82, 2.24) is 4.90 Å². The SMILES string of the molecule is CC(C)(C)N1CCN(c2ccc(C#N)c(Cl)c2)CC1. The molecule has 0 spiro atoms. The van der Waals surface area contributed by atoms with E-state index in [0.717, 1.165) is 31.9 Å². The Morgan fingerprint density at radius 3 is 2.26 bits per heavy atom. The van der Waals surface area contributed by atoms with Crippen molar-refractivity contribution in [2.75, 3.05) is 31.1 Å². The summed E-state index contributed by atoms with van der Waals surface area (Å²) in [6.45, 7) is 10.9. The fraction of sp³-hybridized carbons (Fsp3) is 0.533. The summed E-state index contributed by atoms with van der Waals surface area (Å²) >= 11 is 6.09. The minimum atomic E-state index is 0.231. The van der Waals surface area contributed by atoms with E-state index in [4.69, 9.17) is 16.9 Å². The molecule has 0 aliphatic carbocycles. The molecule has 1 fully saturated rings. The Morgan fingerprint density at radius 2 is 1.79 bits per heavy atom. The molecule has 4 heteroatoms. The topological polar surface area (TPSA) is 30.3 Å². The van der Waals surface area contributed by atoms with Gasteiger partial charge in [0.2, 0.25) is 0 Å². The van der Waals surface area contributed by atoms with Crippen molar-refractivity contribution in [1.29, 1.82) is 5.26 Å². The van der Waals surface area contributed by atoms with Gasteiger partial charge in [-0.1, -0.05) is 11.6 Å². The first kappa shape index (κ1) is 14.2. The number of hydrogen-bond acceptors (Lipinski definition) is 3. The third-order valence-electron chi connectivity index (χ3n) is 3.67. The van der Waals surface area contributed by atoms with Crippen LogP contribution in [0.25, 0.3) is 0 Å². The minimum Gasteiger partial charge on any atom is -0.369 e. The number of benzene rings is 1. The van der Waals surface area contributed by atoms with Crippen LogP contribution in [0.5, 0.6) is 0 Å². The number of piperazine rings is 1. The second kappa shape index (κ2) is 5.40. The van der Waals surface area contributed by atoms with Gasteiger partial charge >= 0.3 is 0 Å². The van der Waals surface area contributed by atoms with Gasteiger partial charge in [0.05, 0.1) is 10.6 Å². The van der Waals surface area contributed by atoms with Crippen molar-refractivity contribution < 1.29 is 0 Å². The van der Waals surface area contributed by atoms with Crippen LogP contribution in [0.2, 0.25) is 5.02 Å². The standard InChI is InChI=1S/C15H20ClN3/c1-15(2,3)19-8-6-18(7-9-19)13-5-4-12(11-17)14(16)10-13/h4-5,10H,6-9H2,1-3H3. The van der Waals surface area contributed by atoms with Gasteiger partial charge < -0.3 is 4.90 Å². The quantitative estimate of drug-likeness (QED) is 0.790. The number of halogens is 1. The Labute approximate surface area is 120 Å². The first-order valence-electron chi connectivity index (χ1n) is 6.61. The lowest BCUT2D eigenvalue weighted by molar-refractivity contribution is 0.128. The molecule has 0 atom stereocenters. The molecule has 0 N–H and O–H groups in total. The molecule has 1 aliphatic heterocycles. The number of nitriles is 1. The van der Waals surface area contributed by atoms with Crippen molar-refractivity contribution >= 4 is 17.3 Å². The highest BCUT2D eigenvalue weighted by molar-refractivity contribution is 6.32. The lowest BCUT2D eigenvalue weighted by Crippen LogP contribution is -2.53. The van der Waals surface area contributed by atoms with Crippen LogP contribution in [0.15, 0.2) is 18.2 Å².